The van der Waals surface area contributed by atoms with Gasteiger partial charge in [-0.3, -0.25) is 0 Å². The summed E-state index contributed by atoms with van der Waals surface area (Å²) in [6.07, 6.45) is 0.793. The fourth-order valence-corrected chi connectivity index (χ4v) is 2.83. The van der Waals surface area contributed by atoms with Crippen molar-refractivity contribution in [2.24, 2.45) is 0 Å². The summed E-state index contributed by atoms with van der Waals surface area (Å²) in [5.74, 6) is 0.524. The minimum absolute atomic E-state index is 0.524. The number of hydrogen-bond acceptors (Lipinski definition) is 3. The van der Waals surface area contributed by atoms with E-state index in [2.05, 4.69) is 15.9 Å². The van der Waals surface area contributed by atoms with Crippen molar-refractivity contribution < 1.29 is 9.52 Å². The van der Waals surface area contributed by atoms with Crippen LogP contribution in [0.4, 0.5) is 0 Å². The third-order valence-electron chi connectivity index (χ3n) is 1.75. The molecular weight excluding hydrogens is 288 g/mol. The van der Waals surface area contributed by atoms with E-state index in [1.165, 1.54) is 17.6 Å². The van der Waals surface area contributed by atoms with Crippen molar-refractivity contribution in [3.63, 3.8) is 0 Å². The average Bonchev–Trinajstić information content (AvgIpc) is 2.76. The van der Waals surface area contributed by atoms with Gasteiger partial charge in [-0.05, 0) is 34.1 Å². The Hall–Kier alpha value is -0.290. The monoisotopic (exact) mass is 292 g/mol. The molecule has 2 nitrogen and oxygen atoms in total. The van der Waals surface area contributed by atoms with Crippen LogP contribution in [-0.4, -0.2) is 5.11 Å². The lowest BCUT2D eigenvalue weighted by molar-refractivity contribution is 0.193. The highest BCUT2D eigenvalue weighted by molar-refractivity contribution is 9.11. The summed E-state index contributed by atoms with van der Waals surface area (Å²) in [5.41, 5.74) is 0. The van der Waals surface area contributed by atoms with Crippen LogP contribution in [0.15, 0.2) is 32.7 Å². The van der Waals surface area contributed by atoms with Gasteiger partial charge in [0.1, 0.15) is 11.9 Å². The summed E-state index contributed by atoms with van der Waals surface area (Å²) in [6.45, 7) is 0. The molecule has 1 N–H and O–H groups in total. The minimum atomic E-state index is -0.737. The molecule has 0 bridgehead atoms. The van der Waals surface area contributed by atoms with Crippen LogP contribution in [0.1, 0.15) is 16.7 Å². The SMILES string of the molecule is OC(c1ccco1)c1cc(Cl)c(Br)s1. The van der Waals surface area contributed by atoms with E-state index < -0.39 is 6.10 Å². The molecule has 0 spiro atoms. The molecule has 0 saturated carbocycles. The summed E-state index contributed by atoms with van der Waals surface area (Å²) in [4.78, 5) is 0.761. The summed E-state index contributed by atoms with van der Waals surface area (Å²) >= 11 is 10.5. The zero-order valence-corrected chi connectivity index (χ0v) is 10.1. The first-order chi connectivity index (χ1) is 6.68. The normalized spacial score (nSPS) is 13.1. The first-order valence-electron chi connectivity index (χ1n) is 3.84. The molecule has 1 unspecified atom stereocenters. The van der Waals surface area contributed by atoms with Crippen molar-refractivity contribution in [1.82, 2.24) is 0 Å². The highest BCUT2D eigenvalue weighted by Gasteiger charge is 2.17. The van der Waals surface area contributed by atoms with Crippen LogP contribution in [0, 0.1) is 0 Å². The Morgan fingerprint density at radius 2 is 2.36 bits per heavy atom. The van der Waals surface area contributed by atoms with Crippen molar-refractivity contribution in [3.05, 3.63) is 43.9 Å². The van der Waals surface area contributed by atoms with Gasteiger partial charge in [-0.1, -0.05) is 11.6 Å². The fourth-order valence-electron chi connectivity index (χ4n) is 1.09. The van der Waals surface area contributed by atoms with E-state index in [4.69, 9.17) is 16.0 Å². The van der Waals surface area contributed by atoms with Crippen LogP contribution >= 0.6 is 38.9 Å². The molecule has 0 fully saturated rings. The highest BCUT2D eigenvalue weighted by atomic mass is 79.9. The van der Waals surface area contributed by atoms with Gasteiger partial charge in [0.25, 0.3) is 0 Å². The molecule has 0 aliphatic rings. The van der Waals surface area contributed by atoms with E-state index in [1.807, 2.05) is 0 Å². The zero-order valence-electron chi connectivity index (χ0n) is 6.91. The van der Waals surface area contributed by atoms with Gasteiger partial charge in [0.05, 0.1) is 15.1 Å². The van der Waals surface area contributed by atoms with Crippen LogP contribution in [0.3, 0.4) is 0 Å². The molecule has 0 saturated heterocycles. The van der Waals surface area contributed by atoms with E-state index >= 15 is 0 Å². The molecule has 0 radical (unpaired) electrons. The molecule has 2 aromatic heterocycles. The van der Waals surface area contributed by atoms with Gasteiger partial charge in [0.15, 0.2) is 0 Å². The van der Waals surface area contributed by atoms with Crippen molar-refractivity contribution in [3.8, 4) is 0 Å². The molecule has 2 rings (SSSR count). The summed E-state index contributed by atoms with van der Waals surface area (Å²) < 4.78 is 5.92. The first kappa shape index (κ1) is 10.2. The van der Waals surface area contributed by atoms with E-state index in [1.54, 1.807) is 18.2 Å². The number of thiophene rings is 1. The highest BCUT2D eigenvalue weighted by Crippen LogP contribution is 2.37. The molecule has 74 valence electrons. The number of rotatable bonds is 2. The number of furan rings is 1. The molecule has 1 atom stereocenters. The molecule has 0 aliphatic heterocycles. The van der Waals surface area contributed by atoms with Crippen molar-refractivity contribution >= 4 is 38.9 Å². The second-order valence-electron chi connectivity index (χ2n) is 2.69. The van der Waals surface area contributed by atoms with Crippen molar-refractivity contribution in [2.45, 2.75) is 6.10 Å². The van der Waals surface area contributed by atoms with E-state index in [9.17, 15) is 5.11 Å². The summed E-state index contributed by atoms with van der Waals surface area (Å²) in [7, 11) is 0. The fraction of sp³-hybridized carbons (Fsp3) is 0.111. The van der Waals surface area contributed by atoms with E-state index in [-0.39, 0.29) is 0 Å². The predicted molar refractivity (Wildman–Crippen MR) is 59.8 cm³/mol. The second-order valence-corrected chi connectivity index (χ2v) is 5.50. The van der Waals surface area contributed by atoms with Gasteiger partial charge in [0.2, 0.25) is 0 Å². The molecule has 14 heavy (non-hydrogen) atoms. The lowest BCUT2D eigenvalue weighted by Crippen LogP contribution is -1.93. The smallest absolute Gasteiger partial charge is 0.146 e. The van der Waals surface area contributed by atoms with Crippen molar-refractivity contribution in [2.75, 3.05) is 0 Å². The van der Waals surface area contributed by atoms with Gasteiger partial charge >= 0.3 is 0 Å². The van der Waals surface area contributed by atoms with Crippen LogP contribution in [-0.2, 0) is 0 Å². The molecule has 0 aromatic carbocycles. The molecule has 5 heteroatoms. The number of aliphatic hydroxyl groups is 1. The standard InChI is InChI=1S/C9H6BrClO2S/c10-9-5(11)4-7(14-9)8(12)6-2-1-3-13-6/h1-4,8,12H. The Bertz CT molecular complexity index is 404. The average molecular weight is 294 g/mol. The van der Waals surface area contributed by atoms with Gasteiger partial charge in [-0.15, -0.1) is 11.3 Å². The maximum absolute atomic E-state index is 9.86. The number of halogens is 2. The predicted octanol–water partition coefficient (Wildman–Crippen LogP) is 3.84. The molecular formula is C9H6BrClO2S. The van der Waals surface area contributed by atoms with E-state index in [0.29, 0.717) is 10.8 Å². The Labute approximate surface area is 98.3 Å². The second kappa shape index (κ2) is 4.06. The van der Waals surface area contributed by atoms with Crippen LogP contribution in [0.2, 0.25) is 5.02 Å². The molecule has 0 amide bonds. The zero-order chi connectivity index (χ0) is 10.1. The third-order valence-corrected chi connectivity index (χ3v) is 4.27. The topological polar surface area (TPSA) is 33.4 Å². The molecule has 2 heterocycles. The Morgan fingerprint density at radius 3 is 2.86 bits per heavy atom. The van der Waals surface area contributed by atoms with Gasteiger partial charge in [-0.2, -0.15) is 0 Å². The molecule has 0 aliphatic carbocycles. The minimum Gasteiger partial charge on any atom is -0.466 e. The quantitative estimate of drug-likeness (QED) is 0.912. The lowest BCUT2D eigenvalue weighted by atomic mass is 10.2. The van der Waals surface area contributed by atoms with Crippen LogP contribution in [0.25, 0.3) is 0 Å². The van der Waals surface area contributed by atoms with Crippen LogP contribution in [0.5, 0.6) is 0 Å². The lowest BCUT2D eigenvalue weighted by Gasteiger charge is -2.03. The van der Waals surface area contributed by atoms with Crippen LogP contribution < -0.4 is 0 Å². The molecule has 2 aromatic rings. The number of aliphatic hydroxyl groups excluding tert-OH is 1. The Balaban J connectivity index is 2.32. The third kappa shape index (κ3) is 1.88. The maximum atomic E-state index is 9.86. The summed E-state index contributed by atoms with van der Waals surface area (Å²) in [5, 5.41) is 10.5. The van der Waals surface area contributed by atoms with Crippen molar-refractivity contribution in [1.29, 1.82) is 0 Å². The number of hydrogen-bond donors (Lipinski definition) is 1. The van der Waals surface area contributed by atoms with Gasteiger partial charge in [-0.25, -0.2) is 0 Å². The summed E-state index contributed by atoms with van der Waals surface area (Å²) in [6, 6.07) is 5.19. The Morgan fingerprint density at radius 1 is 1.57 bits per heavy atom. The van der Waals surface area contributed by atoms with E-state index in [0.717, 1.165) is 8.66 Å². The largest absolute Gasteiger partial charge is 0.466 e. The Kier molecular flexibility index (Phi) is 2.97. The maximum Gasteiger partial charge on any atom is 0.146 e. The first-order valence-corrected chi connectivity index (χ1v) is 5.83. The van der Waals surface area contributed by atoms with Gasteiger partial charge in [0, 0.05) is 4.88 Å². The van der Waals surface area contributed by atoms with Gasteiger partial charge < -0.3 is 9.52 Å².